The summed E-state index contributed by atoms with van der Waals surface area (Å²) in [6, 6.07) is 1.42. The average molecular weight is 185 g/mol. The van der Waals surface area contributed by atoms with E-state index in [1.54, 1.807) is 0 Å². The average Bonchev–Trinajstić information content (AvgIpc) is 2.09. The van der Waals surface area contributed by atoms with Crippen molar-refractivity contribution in [2.45, 2.75) is 25.4 Å². The van der Waals surface area contributed by atoms with Crippen molar-refractivity contribution >= 4 is 0 Å². The van der Waals surface area contributed by atoms with Crippen molar-refractivity contribution in [2.75, 3.05) is 40.8 Å². The Morgan fingerprint density at radius 3 is 2.62 bits per heavy atom. The van der Waals surface area contributed by atoms with Gasteiger partial charge in [0.1, 0.15) is 0 Å². The van der Waals surface area contributed by atoms with Gasteiger partial charge in [-0.3, -0.25) is 4.90 Å². The minimum absolute atomic E-state index is 0.695. The molecule has 1 aliphatic rings. The third-order valence-electron chi connectivity index (χ3n) is 3.10. The van der Waals surface area contributed by atoms with Crippen LogP contribution in [0.4, 0.5) is 0 Å². The van der Waals surface area contributed by atoms with Gasteiger partial charge in [0.25, 0.3) is 0 Å². The van der Waals surface area contributed by atoms with E-state index in [2.05, 4.69) is 36.1 Å². The summed E-state index contributed by atoms with van der Waals surface area (Å²) in [5, 5.41) is 3.22. The molecule has 0 radical (unpaired) electrons. The van der Waals surface area contributed by atoms with Gasteiger partial charge in [0.2, 0.25) is 0 Å². The molecule has 3 nitrogen and oxygen atoms in total. The fourth-order valence-corrected chi connectivity index (χ4v) is 2.11. The largest absolute Gasteiger partial charge is 0.320 e. The lowest BCUT2D eigenvalue weighted by Gasteiger charge is -2.42. The Balaban J connectivity index is 2.41. The highest BCUT2D eigenvalue weighted by Gasteiger charge is 2.26. The minimum atomic E-state index is 0.695. The molecular weight excluding hydrogens is 162 g/mol. The highest BCUT2D eigenvalue weighted by atomic mass is 15.3. The maximum atomic E-state index is 3.22. The molecule has 0 spiro atoms. The molecule has 2 unspecified atom stereocenters. The maximum Gasteiger partial charge on any atom is 0.0235 e. The quantitative estimate of drug-likeness (QED) is 0.679. The molecule has 0 aliphatic carbocycles. The molecule has 1 N–H and O–H groups in total. The van der Waals surface area contributed by atoms with E-state index in [9.17, 15) is 0 Å². The molecule has 0 aromatic carbocycles. The predicted molar refractivity (Wildman–Crippen MR) is 57.1 cm³/mol. The van der Waals surface area contributed by atoms with E-state index >= 15 is 0 Å². The topological polar surface area (TPSA) is 18.5 Å². The number of likely N-dealkylation sites (N-methyl/N-ethyl adjacent to an activating group) is 2. The van der Waals surface area contributed by atoms with Crippen molar-refractivity contribution in [3.8, 4) is 0 Å². The second-order valence-corrected chi connectivity index (χ2v) is 4.28. The number of nitrogens with one attached hydrogen (secondary N) is 1. The van der Waals surface area contributed by atoms with Crippen molar-refractivity contribution in [1.82, 2.24) is 15.1 Å². The van der Waals surface area contributed by atoms with Crippen LogP contribution in [0.15, 0.2) is 0 Å². The van der Waals surface area contributed by atoms with E-state index < -0.39 is 0 Å². The molecule has 1 aliphatic heterocycles. The highest BCUT2D eigenvalue weighted by Crippen LogP contribution is 2.14. The second-order valence-electron chi connectivity index (χ2n) is 4.28. The minimum Gasteiger partial charge on any atom is -0.320 e. The third-order valence-corrected chi connectivity index (χ3v) is 3.10. The highest BCUT2D eigenvalue weighted by molar-refractivity contribution is 4.83. The Hall–Kier alpha value is -0.120. The van der Waals surface area contributed by atoms with Crippen LogP contribution in [0, 0.1) is 0 Å². The molecule has 0 bridgehead atoms. The number of hydrogen-bond acceptors (Lipinski definition) is 3. The van der Waals surface area contributed by atoms with Crippen molar-refractivity contribution in [2.24, 2.45) is 0 Å². The first kappa shape index (κ1) is 11.0. The smallest absolute Gasteiger partial charge is 0.0235 e. The summed E-state index contributed by atoms with van der Waals surface area (Å²) in [6.45, 7) is 5.84. The summed E-state index contributed by atoms with van der Waals surface area (Å²) in [4.78, 5) is 4.95. The normalized spacial score (nSPS) is 32.3. The number of nitrogens with zero attached hydrogens (tertiary/aromatic N) is 2. The summed E-state index contributed by atoms with van der Waals surface area (Å²) >= 11 is 0. The first-order valence-corrected chi connectivity index (χ1v) is 5.20. The number of hydrogen-bond donors (Lipinski definition) is 1. The Morgan fingerprint density at radius 2 is 2.00 bits per heavy atom. The molecule has 0 saturated carbocycles. The van der Waals surface area contributed by atoms with Crippen LogP contribution in [0.2, 0.25) is 0 Å². The third kappa shape index (κ3) is 2.93. The van der Waals surface area contributed by atoms with E-state index in [-0.39, 0.29) is 0 Å². The zero-order valence-corrected chi connectivity index (χ0v) is 9.38. The van der Waals surface area contributed by atoms with Crippen molar-refractivity contribution in [3.63, 3.8) is 0 Å². The Morgan fingerprint density at radius 1 is 1.31 bits per heavy atom. The lowest BCUT2D eigenvalue weighted by Crippen LogP contribution is -2.55. The van der Waals surface area contributed by atoms with Gasteiger partial charge in [0.15, 0.2) is 0 Å². The molecule has 3 heteroatoms. The Labute approximate surface area is 82.1 Å². The van der Waals surface area contributed by atoms with Gasteiger partial charge in [-0.25, -0.2) is 0 Å². The van der Waals surface area contributed by atoms with Gasteiger partial charge < -0.3 is 10.2 Å². The van der Waals surface area contributed by atoms with Crippen LogP contribution >= 0.6 is 0 Å². The first-order chi connectivity index (χ1) is 6.15. The molecule has 1 rings (SSSR count). The standard InChI is InChI=1S/C10H23N3/c1-9-7-12(3)8-10(13(9)4)5-6-11-2/h9-11H,5-8H2,1-4H3. The van der Waals surface area contributed by atoms with Crippen LogP contribution in [-0.4, -0.2) is 62.7 Å². The van der Waals surface area contributed by atoms with E-state index in [1.165, 1.54) is 19.5 Å². The summed E-state index contributed by atoms with van der Waals surface area (Å²) in [5.41, 5.74) is 0. The van der Waals surface area contributed by atoms with E-state index in [0.29, 0.717) is 6.04 Å². The zero-order chi connectivity index (χ0) is 9.84. The number of piperazine rings is 1. The van der Waals surface area contributed by atoms with Crippen LogP contribution in [0.5, 0.6) is 0 Å². The SMILES string of the molecule is CNCCC1CN(C)CC(C)N1C. The van der Waals surface area contributed by atoms with Gasteiger partial charge in [0, 0.05) is 25.2 Å². The monoisotopic (exact) mass is 185 g/mol. The zero-order valence-electron chi connectivity index (χ0n) is 9.38. The summed E-state index contributed by atoms with van der Waals surface area (Å²) < 4.78 is 0. The molecule has 1 heterocycles. The second kappa shape index (κ2) is 4.94. The molecule has 0 aromatic heterocycles. The Bertz CT molecular complexity index is 149. The molecule has 1 fully saturated rings. The van der Waals surface area contributed by atoms with Crippen LogP contribution in [0.3, 0.4) is 0 Å². The van der Waals surface area contributed by atoms with Crippen molar-refractivity contribution in [3.05, 3.63) is 0 Å². The van der Waals surface area contributed by atoms with Crippen molar-refractivity contribution in [1.29, 1.82) is 0 Å². The van der Waals surface area contributed by atoms with Crippen LogP contribution in [0.25, 0.3) is 0 Å². The molecule has 0 aromatic rings. The fraction of sp³-hybridized carbons (Fsp3) is 1.00. The fourth-order valence-electron chi connectivity index (χ4n) is 2.11. The lowest BCUT2D eigenvalue weighted by atomic mass is 10.1. The number of rotatable bonds is 3. The van der Waals surface area contributed by atoms with E-state index in [0.717, 1.165) is 12.6 Å². The van der Waals surface area contributed by atoms with Gasteiger partial charge in [-0.15, -0.1) is 0 Å². The van der Waals surface area contributed by atoms with Gasteiger partial charge in [-0.2, -0.15) is 0 Å². The lowest BCUT2D eigenvalue weighted by molar-refractivity contribution is 0.0625. The Kier molecular flexibility index (Phi) is 4.16. The summed E-state index contributed by atoms with van der Waals surface area (Å²) in [6.07, 6.45) is 1.25. The van der Waals surface area contributed by atoms with Gasteiger partial charge in [-0.05, 0) is 41.0 Å². The molecule has 1 saturated heterocycles. The summed E-state index contributed by atoms with van der Waals surface area (Å²) in [7, 11) is 6.49. The predicted octanol–water partition coefficient (Wildman–Crippen LogP) is 0.230. The summed E-state index contributed by atoms with van der Waals surface area (Å²) in [5.74, 6) is 0. The first-order valence-electron chi connectivity index (χ1n) is 5.20. The molecule has 13 heavy (non-hydrogen) atoms. The molecule has 2 atom stereocenters. The molecule has 78 valence electrons. The van der Waals surface area contributed by atoms with Crippen LogP contribution in [0.1, 0.15) is 13.3 Å². The van der Waals surface area contributed by atoms with E-state index in [1.807, 2.05) is 7.05 Å². The van der Waals surface area contributed by atoms with Crippen molar-refractivity contribution < 1.29 is 0 Å². The molecular formula is C10H23N3. The van der Waals surface area contributed by atoms with Crippen LogP contribution < -0.4 is 5.32 Å². The van der Waals surface area contributed by atoms with Crippen LogP contribution in [-0.2, 0) is 0 Å². The maximum absolute atomic E-state index is 3.22. The van der Waals surface area contributed by atoms with Gasteiger partial charge in [-0.1, -0.05) is 0 Å². The van der Waals surface area contributed by atoms with E-state index in [4.69, 9.17) is 0 Å². The van der Waals surface area contributed by atoms with Gasteiger partial charge >= 0.3 is 0 Å². The molecule has 0 amide bonds. The van der Waals surface area contributed by atoms with Gasteiger partial charge in [0.05, 0.1) is 0 Å².